The number of hydrogen-bond acceptors (Lipinski definition) is 9. The van der Waals surface area contributed by atoms with Crippen molar-refractivity contribution in [3.8, 4) is 0 Å². The highest BCUT2D eigenvalue weighted by atomic mass is 16.7. The zero-order valence-corrected chi connectivity index (χ0v) is 25.8. The number of aliphatic hydroxyl groups is 7. The Hall–Kier alpha value is -0.880. The van der Waals surface area contributed by atoms with Crippen LogP contribution in [0, 0.1) is 40.4 Å². The molecule has 0 amide bonds. The van der Waals surface area contributed by atoms with Gasteiger partial charge in [0.05, 0.1) is 30.5 Å². The lowest BCUT2D eigenvalue weighted by atomic mass is 9.46. The van der Waals surface area contributed by atoms with Gasteiger partial charge in [0.25, 0.3) is 0 Å². The smallest absolute Gasteiger partial charge is 0.187 e. The molecule has 3 saturated carbocycles. The fourth-order valence-electron chi connectivity index (χ4n) is 10.0. The van der Waals surface area contributed by atoms with Crippen molar-refractivity contribution in [3.05, 3.63) is 23.8 Å². The highest BCUT2D eigenvalue weighted by Crippen LogP contribution is 2.67. The molecule has 0 unspecified atom stereocenters. The van der Waals surface area contributed by atoms with E-state index in [-0.39, 0.29) is 23.2 Å². The van der Waals surface area contributed by atoms with E-state index < -0.39 is 66.6 Å². The summed E-state index contributed by atoms with van der Waals surface area (Å²) in [7, 11) is 0. The van der Waals surface area contributed by atoms with Gasteiger partial charge in [0, 0.05) is 11.8 Å². The first kappa shape index (κ1) is 32.5. The Morgan fingerprint density at radius 3 is 2.45 bits per heavy atom. The van der Waals surface area contributed by atoms with Crippen LogP contribution in [0.25, 0.3) is 0 Å². The SMILES string of the molecule is C[C@H](C/C=C/C(C)(C)O)[C@H]1[C@@H](O)C[C@H]2[C@@H]3CC=C4C[C@@H](O)C[C@@H](O[C@@H]5O[C@H](CO)[C@@H](O)[C@H](O)[C@H]5O)[C@]4(C)[C@H]3CC[C@]12C. The Labute approximate surface area is 250 Å². The molecule has 0 spiro atoms. The predicted molar refractivity (Wildman–Crippen MR) is 156 cm³/mol. The fourth-order valence-corrected chi connectivity index (χ4v) is 10.0. The summed E-state index contributed by atoms with van der Waals surface area (Å²) in [6.07, 6.45) is 3.14. The molecule has 5 aliphatic rings. The summed E-state index contributed by atoms with van der Waals surface area (Å²) in [6, 6.07) is 0. The maximum absolute atomic E-state index is 11.5. The fraction of sp³-hybridized carbons (Fsp3) is 0.879. The normalized spacial score (nSPS) is 50.1. The molecule has 42 heavy (non-hydrogen) atoms. The Balaban J connectivity index is 1.39. The van der Waals surface area contributed by atoms with E-state index in [9.17, 15) is 35.7 Å². The molecule has 0 aromatic heterocycles. The van der Waals surface area contributed by atoms with Gasteiger partial charge in [-0.3, -0.25) is 0 Å². The molecule has 240 valence electrons. The molecule has 0 radical (unpaired) electrons. The molecular formula is C33H54O9. The Morgan fingerprint density at radius 2 is 1.79 bits per heavy atom. The lowest BCUT2D eigenvalue weighted by Crippen LogP contribution is -2.62. The van der Waals surface area contributed by atoms with Gasteiger partial charge in [0.15, 0.2) is 6.29 Å². The van der Waals surface area contributed by atoms with Gasteiger partial charge in [-0.15, -0.1) is 0 Å². The third kappa shape index (κ3) is 5.56. The van der Waals surface area contributed by atoms with Gasteiger partial charge in [-0.05, 0) is 87.4 Å². The van der Waals surface area contributed by atoms with Crippen LogP contribution in [0.4, 0.5) is 0 Å². The molecule has 9 nitrogen and oxygen atoms in total. The summed E-state index contributed by atoms with van der Waals surface area (Å²) in [5.41, 5.74) is -0.165. The minimum atomic E-state index is -1.52. The van der Waals surface area contributed by atoms with Crippen molar-refractivity contribution in [2.75, 3.05) is 6.61 Å². The Kier molecular flexibility index (Phi) is 9.14. The lowest BCUT2D eigenvalue weighted by Gasteiger charge is -2.60. The number of hydrogen-bond donors (Lipinski definition) is 7. The van der Waals surface area contributed by atoms with Crippen LogP contribution in [0.2, 0.25) is 0 Å². The highest BCUT2D eigenvalue weighted by molar-refractivity contribution is 5.28. The van der Waals surface area contributed by atoms with Crippen molar-refractivity contribution in [2.24, 2.45) is 40.4 Å². The predicted octanol–water partition coefficient (Wildman–Crippen LogP) is 2.05. The topological polar surface area (TPSA) is 160 Å². The van der Waals surface area contributed by atoms with E-state index in [4.69, 9.17) is 9.47 Å². The molecule has 4 fully saturated rings. The van der Waals surface area contributed by atoms with Crippen LogP contribution in [-0.2, 0) is 9.47 Å². The molecule has 5 rings (SSSR count). The second kappa shape index (κ2) is 11.8. The molecule has 0 aromatic carbocycles. The van der Waals surface area contributed by atoms with E-state index in [0.29, 0.717) is 24.7 Å². The zero-order chi connectivity index (χ0) is 30.8. The number of rotatable bonds is 7. The average molecular weight is 595 g/mol. The van der Waals surface area contributed by atoms with Gasteiger partial charge >= 0.3 is 0 Å². The number of fused-ring (bicyclic) bond motifs is 5. The Bertz CT molecular complexity index is 1020. The van der Waals surface area contributed by atoms with Gasteiger partial charge in [-0.25, -0.2) is 0 Å². The zero-order valence-electron chi connectivity index (χ0n) is 25.8. The van der Waals surface area contributed by atoms with Crippen molar-refractivity contribution < 1.29 is 45.2 Å². The van der Waals surface area contributed by atoms with E-state index >= 15 is 0 Å². The van der Waals surface area contributed by atoms with Crippen molar-refractivity contribution in [2.45, 2.75) is 134 Å². The van der Waals surface area contributed by atoms with Crippen molar-refractivity contribution in [1.82, 2.24) is 0 Å². The minimum absolute atomic E-state index is 0.0217. The molecule has 1 saturated heterocycles. The van der Waals surface area contributed by atoms with Crippen molar-refractivity contribution in [3.63, 3.8) is 0 Å². The van der Waals surface area contributed by atoms with Crippen LogP contribution in [0.5, 0.6) is 0 Å². The molecule has 15 atom stereocenters. The van der Waals surface area contributed by atoms with Crippen molar-refractivity contribution in [1.29, 1.82) is 0 Å². The molecular weight excluding hydrogens is 540 g/mol. The van der Waals surface area contributed by atoms with E-state index in [1.807, 2.05) is 12.2 Å². The highest BCUT2D eigenvalue weighted by Gasteiger charge is 2.63. The maximum Gasteiger partial charge on any atom is 0.187 e. The summed E-state index contributed by atoms with van der Waals surface area (Å²) < 4.78 is 12.2. The van der Waals surface area contributed by atoms with Crippen LogP contribution in [0.15, 0.2) is 23.8 Å². The molecule has 4 aliphatic carbocycles. The van der Waals surface area contributed by atoms with Gasteiger partial charge in [0.1, 0.15) is 24.4 Å². The molecule has 9 heteroatoms. The van der Waals surface area contributed by atoms with E-state index in [1.165, 1.54) is 0 Å². The average Bonchev–Trinajstić information content (AvgIpc) is 3.18. The summed E-state index contributed by atoms with van der Waals surface area (Å²) in [5, 5.41) is 73.5. The van der Waals surface area contributed by atoms with E-state index in [2.05, 4.69) is 26.8 Å². The third-order valence-corrected chi connectivity index (χ3v) is 12.0. The van der Waals surface area contributed by atoms with Crippen LogP contribution < -0.4 is 0 Å². The first-order valence-corrected chi connectivity index (χ1v) is 16.0. The first-order chi connectivity index (χ1) is 19.6. The summed E-state index contributed by atoms with van der Waals surface area (Å²) in [6.45, 7) is 9.78. The standard InChI is InChI=1S/C33H54O9/c1-17(7-6-11-31(2,3)40)26-23(36)15-22-20-9-8-18-13-19(35)14-25(33(18,5)21(20)10-12-32(22,26)4)42-30-29(39)28(38)27(37)24(16-34)41-30/h6,8,11,17,19-30,34-40H,7,9-10,12-16H2,1-5H3/b11-6+/t17-,19-,20-,21+,22+,23+,24-,25-,26+,27-,28+,29-,30+,32+,33+/m1/s1. The Morgan fingerprint density at radius 1 is 1.07 bits per heavy atom. The van der Waals surface area contributed by atoms with Gasteiger partial charge in [0.2, 0.25) is 0 Å². The quantitative estimate of drug-likeness (QED) is 0.219. The number of ether oxygens (including phenoxy) is 2. The van der Waals surface area contributed by atoms with Gasteiger partial charge < -0.3 is 45.2 Å². The maximum atomic E-state index is 11.5. The largest absolute Gasteiger partial charge is 0.394 e. The third-order valence-electron chi connectivity index (χ3n) is 12.0. The molecule has 0 aromatic rings. The summed E-state index contributed by atoms with van der Waals surface area (Å²) in [4.78, 5) is 0. The molecule has 7 N–H and O–H groups in total. The molecule has 1 aliphatic heterocycles. The van der Waals surface area contributed by atoms with Crippen LogP contribution in [0.1, 0.15) is 79.6 Å². The summed E-state index contributed by atoms with van der Waals surface area (Å²) >= 11 is 0. The van der Waals surface area contributed by atoms with Gasteiger partial charge in [-0.2, -0.15) is 0 Å². The van der Waals surface area contributed by atoms with Crippen LogP contribution in [0.3, 0.4) is 0 Å². The monoisotopic (exact) mass is 594 g/mol. The molecule has 1 heterocycles. The van der Waals surface area contributed by atoms with Gasteiger partial charge in [-0.1, -0.05) is 44.6 Å². The van der Waals surface area contributed by atoms with Crippen LogP contribution in [-0.4, -0.2) is 97.0 Å². The number of allylic oxidation sites excluding steroid dienone is 2. The van der Waals surface area contributed by atoms with E-state index in [0.717, 1.165) is 37.7 Å². The second-order valence-electron chi connectivity index (χ2n) is 15.2. The lowest BCUT2D eigenvalue weighted by molar-refractivity contribution is -0.324. The second-order valence-corrected chi connectivity index (χ2v) is 15.2. The van der Waals surface area contributed by atoms with Crippen LogP contribution >= 0.6 is 0 Å². The summed E-state index contributed by atoms with van der Waals surface area (Å²) in [5.74, 6) is 1.32. The van der Waals surface area contributed by atoms with E-state index in [1.54, 1.807) is 13.8 Å². The van der Waals surface area contributed by atoms with Crippen molar-refractivity contribution >= 4 is 0 Å². The number of aliphatic hydroxyl groups excluding tert-OH is 6. The molecule has 0 bridgehead atoms. The first-order valence-electron chi connectivity index (χ1n) is 16.0. The minimum Gasteiger partial charge on any atom is -0.394 e.